The topological polar surface area (TPSA) is 0 Å². The van der Waals surface area contributed by atoms with E-state index < -0.39 is 12.6 Å². The molecule has 112 valence electrons. The zero-order chi connectivity index (χ0) is 14.8. The fourth-order valence-corrected chi connectivity index (χ4v) is 76.5. The van der Waals surface area contributed by atoms with Gasteiger partial charge < -0.3 is 0 Å². The Balaban J connectivity index is 3.93. The Bertz CT molecular complexity index is 193. The molecule has 0 rings (SSSR count). The molecular weight excluding hydrogens is 314 g/mol. The molecule has 0 aliphatic rings. The second-order valence-electron chi connectivity index (χ2n) is 8.13. The van der Waals surface area contributed by atoms with E-state index in [1.54, 1.807) is 24.9 Å². The van der Waals surface area contributed by atoms with Crippen LogP contribution in [0, 0.1) is 0 Å². The van der Waals surface area contributed by atoms with Crippen molar-refractivity contribution in [2.45, 2.75) is 103 Å². The van der Waals surface area contributed by atoms with E-state index in [0.717, 1.165) is 0 Å². The van der Waals surface area contributed by atoms with Crippen LogP contribution in [0.2, 0.25) is 38.3 Å². The van der Waals surface area contributed by atoms with Crippen LogP contribution in [-0.4, -0.2) is 12.6 Å². The normalized spacial score (nSPS) is 12.5. The zero-order valence-corrected chi connectivity index (χ0v) is 19.7. The number of hydrogen-bond donors (Lipinski definition) is 0. The molecule has 0 saturated carbocycles. The summed E-state index contributed by atoms with van der Waals surface area (Å²) in [5.74, 6) is 0. The summed E-state index contributed by atoms with van der Waals surface area (Å²) in [4.78, 5) is 0. The minimum atomic E-state index is -0.708. The van der Waals surface area contributed by atoms with Crippen LogP contribution in [0.3, 0.4) is 0 Å². The van der Waals surface area contributed by atoms with E-state index in [1.807, 2.05) is 0 Å². The fourth-order valence-electron chi connectivity index (χ4n) is 3.53. The third-order valence-corrected chi connectivity index (χ3v) is 56.0. The van der Waals surface area contributed by atoms with Gasteiger partial charge in [-0.1, -0.05) is 0 Å². The molecule has 0 saturated heterocycles. The molecule has 0 heterocycles. The van der Waals surface area contributed by atoms with Gasteiger partial charge in [-0.15, -0.1) is 0 Å². The monoisotopic (exact) mass is 350 g/mol. The molecule has 0 unspecified atom stereocenters. The van der Waals surface area contributed by atoms with Gasteiger partial charge in [0.05, 0.1) is 0 Å². The average Bonchev–Trinajstić information content (AvgIpc) is 2.29. The molecule has 0 atom stereocenters. The van der Waals surface area contributed by atoms with Gasteiger partial charge in [0.15, 0.2) is 0 Å². The van der Waals surface area contributed by atoms with Gasteiger partial charge in [0.1, 0.15) is 0 Å². The van der Waals surface area contributed by atoms with Gasteiger partial charge in [0, 0.05) is 0 Å². The van der Waals surface area contributed by atoms with Crippen LogP contribution < -0.4 is 0 Å². The van der Waals surface area contributed by atoms with Crippen LogP contribution in [0.25, 0.3) is 0 Å². The first kappa shape index (κ1) is 20.1. The molecule has 0 aromatic heterocycles. The van der Waals surface area contributed by atoms with E-state index in [1.165, 1.54) is 38.5 Å². The molecule has 0 fully saturated rings. The third kappa shape index (κ3) is 12.5. The van der Waals surface area contributed by atoms with Crippen molar-refractivity contribution in [2.24, 2.45) is 0 Å². The van der Waals surface area contributed by atoms with E-state index in [2.05, 4.69) is 40.0 Å². The molecular formula is C16H38Si2Zn. The summed E-state index contributed by atoms with van der Waals surface area (Å²) in [6.45, 7) is 15.6. The van der Waals surface area contributed by atoms with E-state index in [0.29, 0.717) is 0 Å². The van der Waals surface area contributed by atoms with Crippen molar-refractivity contribution in [3.63, 3.8) is 0 Å². The van der Waals surface area contributed by atoms with Gasteiger partial charge in [0.25, 0.3) is 0 Å². The fraction of sp³-hybridized carbons (Fsp3) is 1.00. The Labute approximate surface area is 131 Å². The summed E-state index contributed by atoms with van der Waals surface area (Å²) in [6.07, 6.45) is 10.4. The summed E-state index contributed by atoms with van der Waals surface area (Å²) in [7, 11) is 0. The van der Waals surface area contributed by atoms with Gasteiger partial charge >= 0.3 is 132 Å². The predicted octanol–water partition coefficient (Wildman–Crippen LogP) is 6.64. The standard InChI is InChI=1S/2C8H19Si.Zn/c2*1-4-5-6-7-8-9(2)3;/h2*4-8H2,1-3H3;. The van der Waals surface area contributed by atoms with Gasteiger partial charge in [-0.3, -0.25) is 0 Å². The maximum absolute atomic E-state index is 2.74. The van der Waals surface area contributed by atoms with Gasteiger partial charge in [0.2, 0.25) is 0 Å². The van der Waals surface area contributed by atoms with Crippen molar-refractivity contribution in [2.75, 3.05) is 0 Å². The van der Waals surface area contributed by atoms with E-state index in [-0.39, 0.29) is 15.7 Å². The SMILES string of the molecule is CCCCCC[Si](C)(C)[Zn][Si](C)(C)CCCCCC. The Morgan fingerprint density at radius 1 is 0.579 bits per heavy atom. The molecule has 0 aromatic rings. The second-order valence-corrected chi connectivity index (χ2v) is 50.0. The number of rotatable bonds is 12. The molecule has 0 bridgehead atoms. The summed E-state index contributed by atoms with van der Waals surface area (Å²) in [6, 6.07) is 3.33. The van der Waals surface area contributed by atoms with E-state index >= 15 is 0 Å². The third-order valence-electron chi connectivity index (χ3n) is 4.37. The van der Waals surface area contributed by atoms with Crippen LogP contribution in [-0.2, 0) is 15.7 Å². The summed E-state index contributed by atoms with van der Waals surface area (Å²) in [5.41, 5.74) is 0. The van der Waals surface area contributed by atoms with E-state index in [4.69, 9.17) is 0 Å². The van der Waals surface area contributed by atoms with E-state index in [9.17, 15) is 0 Å². The summed E-state index contributed by atoms with van der Waals surface area (Å²) < 4.78 is 0. The van der Waals surface area contributed by atoms with Crippen molar-refractivity contribution in [1.29, 1.82) is 0 Å². The molecule has 0 aliphatic carbocycles. The molecule has 0 N–H and O–H groups in total. The van der Waals surface area contributed by atoms with Crippen LogP contribution in [0.15, 0.2) is 0 Å². The van der Waals surface area contributed by atoms with Gasteiger partial charge in [-0.25, -0.2) is 0 Å². The maximum atomic E-state index is 2.74. The molecule has 3 heteroatoms. The van der Waals surface area contributed by atoms with Gasteiger partial charge in [-0.2, -0.15) is 0 Å². The Kier molecular flexibility index (Phi) is 11.3. The molecule has 0 aromatic carbocycles. The number of unbranched alkanes of at least 4 members (excludes halogenated alkanes) is 6. The quantitative estimate of drug-likeness (QED) is 0.273. The van der Waals surface area contributed by atoms with Crippen LogP contribution >= 0.6 is 0 Å². The van der Waals surface area contributed by atoms with Gasteiger partial charge in [-0.05, 0) is 0 Å². The first-order valence-electron chi connectivity index (χ1n) is 8.83. The predicted molar refractivity (Wildman–Crippen MR) is 92.9 cm³/mol. The Hall–Kier alpha value is 1.06. The van der Waals surface area contributed by atoms with Crippen LogP contribution in [0.1, 0.15) is 65.2 Å². The van der Waals surface area contributed by atoms with Crippen molar-refractivity contribution in [3.05, 3.63) is 0 Å². The average molecular weight is 352 g/mol. The second kappa shape index (κ2) is 10.7. The molecule has 0 nitrogen and oxygen atoms in total. The first-order valence-corrected chi connectivity index (χ1v) is 24.6. The van der Waals surface area contributed by atoms with Crippen molar-refractivity contribution in [3.8, 4) is 0 Å². The first-order chi connectivity index (χ1) is 8.83. The Morgan fingerprint density at radius 3 is 1.26 bits per heavy atom. The van der Waals surface area contributed by atoms with Crippen LogP contribution in [0.5, 0.6) is 0 Å². The summed E-state index contributed by atoms with van der Waals surface area (Å²) in [5, 5.41) is 0. The molecule has 0 radical (unpaired) electrons. The van der Waals surface area contributed by atoms with Crippen molar-refractivity contribution < 1.29 is 15.7 Å². The summed E-state index contributed by atoms with van der Waals surface area (Å²) >= 11 is -0.210. The molecule has 0 spiro atoms. The number of hydrogen-bond acceptors (Lipinski definition) is 0. The zero-order valence-electron chi connectivity index (χ0n) is 14.8. The van der Waals surface area contributed by atoms with Crippen molar-refractivity contribution >= 4 is 12.6 Å². The van der Waals surface area contributed by atoms with Crippen LogP contribution in [0.4, 0.5) is 0 Å². The van der Waals surface area contributed by atoms with Crippen molar-refractivity contribution in [1.82, 2.24) is 0 Å². The molecule has 0 aliphatic heterocycles. The molecule has 19 heavy (non-hydrogen) atoms. The Morgan fingerprint density at radius 2 is 0.947 bits per heavy atom. The molecule has 0 amide bonds. The minimum absolute atomic E-state index is 0.210.